The zero-order chi connectivity index (χ0) is 15.6. The number of nitrogens with zero attached hydrogens (tertiary/aromatic N) is 1. The van der Waals surface area contributed by atoms with E-state index in [-0.39, 0.29) is 16.7 Å². The molecule has 0 amide bonds. The van der Waals surface area contributed by atoms with Crippen LogP contribution in [0, 0.1) is 17.0 Å². The molecule has 2 aromatic rings. The molecular weight excluding hydrogens is 356 g/mol. The highest BCUT2D eigenvalue weighted by Gasteiger charge is 2.17. The van der Waals surface area contributed by atoms with Gasteiger partial charge in [-0.15, -0.1) is 0 Å². The van der Waals surface area contributed by atoms with E-state index in [0.29, 0.717) is 10.7 Å². The Morgan fingerprint density at radius 3 is 2.62 bits per heavy atom. The van der Waals surface area contributed by atoms with Gasteiger partial charge in [0.1, 0.15) is 5.69 Å². The Kier molecular flexibility index (Phi) is 4.85. The second-order valence-electron chi connectivity index (χ2n) is 4.81. The van der Waals surface area contributed by atoms with Crippen LogP contribution in [0.1, 0.15) is 24.1 Å². The summed E-state index contributed by atoms with van der Waals surface area (Å²) in [6, 6.07) is 10.6. The first-order valence-corrected chi connectivity index (χ1v) is 7.52. The van der Waals surface area contributed by atoms with Gasteiger partial charge in [-0.25, -0.2) is 0 Å². The molecule has 1 unspecified atom stereocenters. The van der Waals surface area contributed by atoms with Gasteiger partial charge in [-0.3, -0.25) is 10.1 Å². The minimum Gasteiger partial charge on any atom is -0.373 e. The van der Waals surface area contributed by atoms with Gasteiger partial charge in [0.25, 0.3) is 5.69 Å². The van der Waals surface area contributed by atoms with Crippen molar-refractivity contribution in [2.24, 2.45) is 0 Å². The lowest BCUT2D eigenvalue weighted by Crippen LogP contribution is -2.09. The van der Waals surface area contributed by atoms with Crippen LogP contribution in [0.2, 0.25) is 5.02 Å². The lowest BCUT2D eigenvalue weighted by atomic mass is 10.1. The molecule has 2 rings (SSSR count). The van der Waals surface area contributed by atoms with Crippen LogP contribution in [0.5, 0.6) is 0 Å². The summed E-state index contributed by atoms with van der Waals surface area (Å²) in [5, 5.41) is 14.9. The number of hydrogen-bond donors (Lipinski definition) is 1. The molecule has 21 heavy (non-hydrogen) atoms. The Hall–Kier alpha value is -1.59. The second kappa shape index (κ2) is 6.45. The Morgan fingerprint density at radius 1 is 1.29 bits per heavy atom. The maximum absolute atomic E-state index is 11.1. The third-order valence-electron chi connectivity index (χ3n) is 3.15. The lowest BCUT2D eigenvalue weighted by molar-refractivity contribution is -0.384. The molecule has 0 bridgehead atoms. The Balaban J connectivity index is 2.31. The summed E-state index contributed by atoms with van der Waals surface area (Å²) in [5.74, 6) is 0. The van der Waals surface area contributed by atoms with Crippen LogP contribution in [0.3, 0.4) is 0 Å². The van der Waals surface area contributed by atoms with E-state index in [1.807, 2.05) is 32.0 Å². The molecule has 0 aromatic heterocycles. The van der Waals surface area contributed by atoms with Gasteiger partial charge in [0.15, 0.2) is 0 Å². The van der Waals surface area contributed by atoms with Crippen LogP contribution < -0.4 is 5.32 Å². The Bertz CT molecular complexity index is 691. The van der Waals surface area contributed by atoms with Crippen LogP contribution in [-0.2, 0) is 0 Å². The summed E-state index contributed by atoms with van der Waals surface area (Å²) in [4.78, 5) is 10.8. The van der Waals surface area contributed by atoms with E-state index < -0.39 is 0 Å². The van der Waals surface area contributed by atoms with Crippen molar-refractivity contribution in [1.82, 2.24) is 0 Å². The molecule has 1 atom stereocenters. The number of anilines is 1. The first kappa shape index (κ1) is 15.8. The normalized spacial score (nSPS) is 12.0. The van der Waals surface area contributed by atoms with Crippen molar-refractivity contribution in [2.75, 3.05) is 5.32 Å². The largest absolute Gasteiger partial charge is 0.373 e. The van der Waals surface area contributed by atoms with Gasteiger partial charge < -0.3 is 5.32 Å². The molecule has 0 radical (unpaired) electrons. The summed E-state index contributed by atoms with van der Waals surface area (Å²) in [5.41, 5.74) is 2.28. The molecule has 0 saturated heterocycles. The number of hydrogen-bond acceptors (Lipinski definition) is 3. The fraction of sp³-hybridized carbons (Fsp3) is 0.200. The van der Waals surface area contributed by atoms with Crippen molar-refractivity contribution in [3.05, 3.63) is 67.1 Å². The highest BCUT2D eigenvalue weighted by molar-refractivity contribution is 9.10. The van der Waals surface area contributed by atoms with Crippen molar-refractivity contribution >= 4 is 38.9 Å². The molecule has 0 aliphatic carbocycles. The van der Waals surface area contributed by atoms with Gasteiger partial charge in [0.05, 0.1) is 11.0 Å². The third-order valence-corrected chi connectivity index (χ3v) is 3.97. The van der Waals surface area contributed by atoms with Gasteiger partial charge in [-0.2, -0.15) is 0 Å². The summed E-state index contributed by atoms with van der Waals surface area (Å²) in [7, 11) is 0. The molecule has 6 heteroatoms. The van der Waals surface area contributed by atoms with E-state index in [1.54, 1.807) is 18.2 Å². The number of aryl methyl sites for hydroxylation is 1. The zero-order valence-electron chi connectivity index (χ0n) is 11.6. The molecule has 0 aliphatic heterocycles. The van der Waals surface area contributed by atoms with Gasteiger partial charge in [-0.05, 0) is 43.2 Å². The molecule has 0 fully saturated rings. The molecule has 110 valence electrons. The molecule has 0 heterocycles. The maximum Gasteiger partial charge on any atom is 0.292 e. The van der Waals surface area contributed by atoms with Gasteiger partial charge in [0, 0.05) is 15.6 Å². The minimum absolute atomic E-state index is 0.0649. The fourth-order valence-corrected chi connectivity index (χ4v) is 2.92. The van der Waals surface area contributed by atoms with Crippen LogP contribution in [0.4, 0.5) is 11.4 Å². The molecule has 0 aliphatic rings. The van der Waals surface area contributed by atoms with Crippen LogP contribution in [0.25, 0.3) is 0 Å². The first-order valence-electron chi connectivity index (χ1n) is 6.35. The van der Waals surface area contributed by atoms with Crippen LogP contribution in [-0.4, -0.2) is 4.92 Å². The number of nitro groups is 1. The topological polar surface area (TPSA) is 55.2 Å². The second-order valence-corrected chi connectivity index (χ2v) is 6.13. The molecule has 1 N–H and O–H groups in total. The monoisotopic (exact) mass is 368 g/mol. The van der Waals surface area contributed by atoms with Crippen LogP contribution >= 0.6 is 27.5 Å². The van der Waals surface area contributed by atoms with Crippen molar-refractivity contribution < 1.29 is 4.92 Å². The quantitative estimate of drug-likeness (QED) is 0.572. The first-order chi connectivity index (χ1) is 9.88. The average molecular weight is 370 g/mol. The van der Waals surface area contributed by atoms with Gasteiger partial charge >= 0.3 is 0 Å². The summed E-state index contributed by atoms with van der Waals surface area (Å²) in [6.07, 6.45) is 0. The van der Waals surface area contributed by atoms with E-state index in [4.69, 9.17) is 11.6 Å². The highest BCUT2D eigenvalue weighted by Crippen LogP contribution is 2.32. The molecule has 0 spiro atoms. The number of benzene rings is 2. The van der Waals surface area contributed by atoms with Crippen molar-refractivity contribution in [3.8, 4) is 0 Å². The van der Waals surface area contributed by atoms with Crippen molar-refractivity contribution in [2.45, 2.75) is 19.9 Å². The Morgan fingerprint density at radius 2 is 2.00 bits per heavy atom. The lowest BCUT2D eigenvalue weighted by Gasteiger charge is -2.17. The predicted molar refractivity (Wildman–Crippen MR) is 89.0 cm³/mol. The molecule has 2 aromatic carbocycles. The maximum atomic E-state index is 11.1. The molecule has 0 saturated carbocycles. The van der Waals surface area contributed by atoms with E-state index in [0.717, 1.165) is 15.6 Å². The Labute approximate surface area is 136 Å². The van der Waals surface area contributed by atoms with E-state index in [9.17, 15) is 10.1 Å². The molecular formula is C15H14BrClN2O2. The molecule has 4 nitrogen and oxygen atoms in total. The predicted octanol–water partition coefficient (Wildman–Crippen LogP) is 5.49. The highest BCUT2D eigenvalue weighted by atomic mass is 79.9. The van der Waals surface area contributed by atoms with Gasteiger partial charge in [-0.1, -0.05) is 39.7 Å². The summed E-state index contributed by atoms with van der Waals surface area (Å²) < 4.78 is 0.893. The number of nitro benzene ring substituents is 1. The van der Waals surface area contributed by atoms with Crippen LogP contribution in [0.15, 0.2) is 40.9 Å². The van der Waals surface area contributed by atoms with E-state index >= 15 is 0 Å². The number of halogens is 2. The SMILES string of the molecule is Cc1ccc(NC(C)c2ccc(Br)cc2Cl)c([N+](=O)[O-])c1. The van der Waals surface area contributed by atoms with Gasteiger partial charge in [0.2, 0.25) is 0 Å². The van der Waals surface area contributed by atoms with Crippen molar-refractivity contribution in [1.29, 1.82) is 0 Å². The smallest absolute Gasteiger partial charge is 0.292 e. The standard InChI is InChI=1S/C15H14BrClN2O2/c1-9-3-6-14(15(7-9)19(20)21)18-10(2)12-5-4-11(16)8-13(12)17/h3-8,10,18H,1-2H3. The summed E-state index contributed by atoms with van der Waals surface area (Å²) in [6.45, 7) is 3.74. The number of nitrogens with one attached hydrogen (secondary N) is 1. The fourth-order valence-electron chi connectivity index (χ4n) is 2.08. The third kappa shape index (κ3) is 3.74. The zero-order valence-corrected chi connectivity index (χ0v) is 13.9. The average Bonchev–Trinajstić information content (AvgIpc) is 2.40. The minimum atomic E-state index is -0.384. The number of rotatable bonds is 4. The van der Waals surface area contributed by atoms with E-state index in [2.05, 4.69) is 21.2 Å². The van der Waals surface area contributed by atoms with E-state index in [1.165, 1.54) is 0 Å². The van der Waals surface area contributed by atoms with Crippen molar-refractivity contribution in [3.63, 3.8) is 0 Å². The summed E-state index contributed by atoms with van der Waals surface area (Å²) >= 11 is 9.57.